The second kappa shape index (κ2) is 3.76. The largest absolute Gasteiger partial charge is 0.278 e. The molecule has 0 unspecified atom stereocenters. The molecule has 1 aromatic heterocycles. The maximum atomic E-state index is 12.4. The predicted molar refractivity (Wildman–Crippen MR) is 67.5 cm³/mol. The van der Waals surface area contributed by atoms with Crippen LogP contribution in [0.25, 0.3) is 0 Å². The number of carbonyl (C=O) groups is 2. The van der Waals surface area contributed by atoms with Gasteiger partial charge in [-0.2, -0.15) is 0 Å². The van der Waals surface area contributed by atoms with E-state index >= 15 is 0 Å². The van der Waals surface area contributed by atoms with E-state index in [1.54, 1.807) is 12.4 Å². The molecule has 3 aliphatic rings. The Bertz CT molecular complexity index is 551. The number of allylic oxidation sites excluding steroid dienone is 2. The number of aromatic nitrogens is 1. The molecule has 2 aliphatic carbocycles. The fourth-order valence-electron chi connectivity index (χ4n) is 3.79. The van der Waals surface area contributed by atoms with E-state index in [0.29, 0.717) is 6.54 Å². The van der Waals surface area contributed by atoms with Gasteiger partial charge in [0.25, 0.3) is 0 Å². The summed E-state index contributed by atoms with van der Waals surface area (Å²) in [6.45, 7) is 0.359. The van der Waals surface area contributed by atoms with Gasteiger partial charge in [0, 0.05) is 12.4 Å². The Morgan fingerprint density at radius 2 is 1.84 bits per heavy atom. The second-order valence-corrected chi connectivity index (χ2v) is 5.62. The maximum Gasteiger partial charge on any atom is 0.234 e. The van der Waals surface area contributed by atoms with Crippen molar-refractivity contribution in [2.24, 2.45) is 23.7 Å². The first kappa shape index (κ1) is 10.9. The topological polar surface area (TPSA) is 50.3 Å². The lowest BCUT2D eigenvalue weighted by Gasteiger charge is -2.16. The molecular formula is C15H14N2O2. The molecule has 19 heavy (non-hydrogen) atoms. The van der Waals surface area contributed by atoms with Crippen LogP contribution >= 0.6 is 0 Å². The van der Waals surface area contributed by atoms with Crippen LogP contribution in [0.4, 0.5) is 0 Å². The van der Waals surface area contributed by atoms with Gasteiger partial charge in [0.2, 0.25) is 11.8 Å². The fourth-order valence-corrected chi connectivity index (χ4v) is 3.79. The molecule has 2 bridgehead atoms. The summed E-state index contributed by atoms with van der Waals surface area (Å²) in [6, 6.07) is 3.72. The van der Waals surface area contributed by atoms with E-state index in [0.717, 1.165) is 12.0 Å². The maximum absolute atomic E-state index is 12.4. The average molecular weight is 254 g/mol. The highest BCUT2D eigenvalue weighted by atomic mass is 16.2. The molecule has 0 spiro atoms. The third-order valence-electron chi connectivity index (χ3n) is 4.63. The van der Waals surface area contributed by atoms with Crippen molar-refractivity contribution in [3.8, 4) is 0 Å². The first-order chi connectivity index (χ1) is 9.25. The minimum Gasteiger partial charge on any atom is -0.278 e. The Balaban J connectivity index is 1.62. The number of likely N-dealkylation sites (tertiary alicyclic amines) is 1. The standard InChI is InChI=1S/C15H14N2O2/c18-14-12-10-3-4-11(6-10)13(12)15(19)17(14)8-9-2-1-5-16-7-9/h1-5,7,10-13H,6,8H2/t10-,11-,12-,13-/m0/s1. The number of nitrogens with zero attached hydrogens (tertiary/aromatic N) is 2. The van der Waals surface area contributed by atoms with Crippen LogP contribution in [0.15, 0.2) is 36.7 Å². The molecule has 4 atom stereocenters. The second-order valence-electron chi connectivity index (χ2n) is 5.62. The van der Waals surface area contributed by atoms with E-state index in [-0.39, 0.29) is 35.5 Å². The number of rotatable bonds is 2. The van der Waals surface area contributed by atoms with Crippen molar-refractivity contribution >= 4 is 11.8 Å². The van der Waals surface area contributed by atoms with Crippen LogP contribution in [0, 0.1) is 23.7 Å². The number of pyridine rings is 1. The minimum atomic E-state index is -0.0980. The molecule has 96 valence electrons. The van der Waals surface area contributed by atoms with Gasteiger partial charge in [0.05, 0.1) is 18.4 Å². The van der Waals surface area contributed by atoms with Gasteiger partial charge in [-0.15, -0.1) is 0 Å². The normalized spacial score (nSPS) is 35.3. The van der Waals surface area contributed by atoms with Crippen molar-refractivity contribution in [3.05, 3.63) is 42.2 Å². The van der Waals surface area contributed by atoms with Gasteiger partial charge < -0.3 is 0 Å². The van der Waals surface area contributed by atoms with Gasteiger partial charge in [-0.05, 0) is 29.9 Å². The highest BCUT2D eigenvalue weighted by Crippen LogP contribution is 2.52. The van der Waals surface area contributed by atoms with Crippen molar-refractivity contribution in [2.45, 2.75) is 13.0 Å². The van der Waals surface area contributed by atoms with Crippen molar-refractivity contribution in [2.75, 3.05) is 0 Å². The molecular weight excluding hydrogens is 240 g/mol. The van der Waals surface area contributed by atoms with Gasteiger partial charge in [-0.1, -0.05) is 18.2 Å². The van der Waals surface area contributed by atoms with E-state index in [9.17, 15) is 9.59 Å². The highest BCUT2D eigenvalue weighted by Gasteiger charge is 2.59. The van der Waals surface area contributed by atoms with E-state index < -0.39 is 0 Å². The predicted octanol–water partition coefficient (Wildman–Crippen LogP) is 1.39. The molecule has 0 aromatic carbocycles. The number of imide groups is 1. The fraction of sp³-hybridized carbons (Fsp3) is 0.400. The quantitative estimate of drug-likeness (QED) is 0.592. The summed E-state index contributed by atoms with van der Waals surface area (Å²) < 4.78 is 0. The molecule has 4 nitrogen and oxygen atoms in total. The summed E-state index contributed by atoms with van der Waals surface area (Å²) in [5, 5.41) is 0. The number of carbonyl (C=O) groups excluding carboxylic acids is 2. The number of amides is 2. The van der Waals surface area contributed by atoms with Crippen molar-refractivity contribution in [3.63, 3.8) is 0 Å². The molecule has 4 rings (SSSR count). The van der Waals surface area contributed by atoms with Crippen LogP contribution in [0.3, 0.4) is 0 Å². The van der Waals surface area contributed by atoms with Gasteiger partial charge >= 0.3 is 0 Å². The summed E-state index contributed by atoms with van der Waals surface area (Å²) >= 11 is 0. The molecule has 2 heterocycles. The van der Waals surface area contributed by atoms with Crippen molar-refractivity contribution in [1.82, 2.24) is 9.88 Å². The van der Waals surface area contributed by atoms with E-state index in [1.807, 2.05) is 12.1 Å². The molecule has 0 N–H and O–H groups in total. The molecule has 2 amide bonds. The van der Waals surface area contributed by atoms with Crippen molar-refractivity contribution in [1.29, 1.82) is 0 Å². The Hall–Kier alpha value is -1.97. The Morgan fingerprint density at radius 3 is 2.42 bits per heavy atom. The molecule has 0 radical (unpaired) electrons. The number of fused-ring (bicyclic) bond motifs is 5. The monoisotopic (exact) mass is 254 g/mol. The lowest BCUT2D eigenvalue weighted by molar-refractivity contribution is -0.141. The Labute approximate surface area is 111 Å². The SMILES string of the molecule is O=C1[C@@H]2[C@@H](C(=O)N1Cc1cccnc1)[C@H]1C=C[C@H]2C1. The molecule has 1 aliphatic heterocycles. The summed E-state index contributed by atoms with van der Waals surface area (Å²) in [4.78, 5) is 30.3. The summed E-state index contributed by atoms with van der Waals surface area (Å²) in [5.74, 6) is 0.389. The van der Waals surface area contributed by atoms with E-state index in [2.05, 4.69) is 17.1 Å². The van der Waals surface area contributed by atoms with E-state index in [4.69, 9.17) is 0 Å². The smallest absolute Gasteiger partial charge is 0.234 e. The van der Waals surface area contributed by atoms with Crippen LogP contribution in [0.5, 0.6) is 0 Å². The Morgan fingerprint density at radius 1 is 1.16 bits per heavy atom. The zero-order chi connectivity index (χ0) is 13.0. The Kier molecular flexibility index (Phi) is 2.16. The van der Waals surface area contributed by atoms with Crippen LogP contribution in [-0.4, -0.2) is 21.7 Å². The molecule has 2 fully saturated rings. The van der Waals surface area contributed by atoms with Crippen molar-refractivity contribution < 1.29 is 9.59 Å². The minimum absolute atomic E-state index is 0.00991. The van der Waals surface area contributed by atoms with Crippen LogP contribution in [-0.2, 0) is 16.1 Å². The zero-order valence-corrected chi connectivity index (χ0v) is 10.4. The third kappa shape index (κ3) is 1.43. The first-order valence-corrected chi connectivity index (χ1v) is 6.68. The van der Waals surface area contributed by atoms with Crippen LogP contribution in [0.1, 0.15) is 12.0 Å². The van der Waals surface area contributed by atoms with Gasteiger partial charge in [-0.3, -0.25) is 19.5 Å². The first-order valence-electron chi connectivity index (χ1n) is 6.68. The molecule has 1 aromatic rings. The van der Waals surface area contributed by atoms with E-state index in [1.165, 1.54) is 4.90 Å². The molecule has 1 saturated carbocycles. The third-order valence-corrected chi connectivity index (χ3v) is 4.63. The van der Waals surface area contributed by atoms with Gasteiger partial charge in [0.1, 0.15) is 0 Å². The lowest BCUT2D eigenvalue weighted by Crippen LogP contribution is -2.32. The average Bonchev–Trinajstić information content (AvgIpc) is 3.10. The lowest BCUT2D eigenvalue weighted by atomic mass is 9.85. The van der Waals surface area contributed by atoms with Gasteiger partial charge in [0.15, 0.2) is 0 Å². The highest BCUT2D eigenvalue weighted by molar-refractivity contribution is 6.06. The number of hydrogen-bond donors (Lipinski definition) is 0. The molecule has 4 heteroatoms. The number of hydrogen-bond acceptors (Lipinski definition) is 3. The van der Waals surface area contributed by atoms with Gasteiger partial charge in [-0.25, -0.2) is 0 Å². The summed E-state index contributed by atoms with van der Waals surface area (Å²) in [5.41, 5.74) is 0.907. The van der Waals surface area contributed by atoms with Crippen LogP contribution in [0.2, 0.25) is 0 Å². The summed E-state index contributed by atoms with van der Waals surface area (Å²) in [7, 11) is 0. The zero-order valence-electron chi connectivity index (χ0n) is 10.4. The summed E-state index contributed by atoms with van der Waals surface area (Å²) in [6.07, 6.45) is 8.61. The molecule has 1 saturated heterocycles. The van der Waals surface area contributed by atoms with Crippen LogP contribution < -0.4 is 0 Å².